The van der Waals surface area contributed by atoms with Gasteiger partial charge in [-0.2, -0.15) is 0 Å². The number of piperazine rings is 1. The Bertz CT molecular complexity index is 1470. The number of rotatable bonds is 8. The molecular formula is C30H37ClN4O5. The highest BCUT2D eigenvalue weighted by atomic mass is 35.5. The van der Waals surface area contributed by atoms with E-state index in [2.05, 4.69) is 9.88 Å². The molecular weight excluding hydrogens is 532 g/mol. The molecule has 1 aliphatic heterocycles. The molecule has 40 heavy (non-hydrogen) atoms. The zero-order valence-electron chi connectivity index (χ0n) is 23.2. The minimum atomic E-state index is -0.431. The number of hydrogen-bond donors (Lipinski definition) is 1. The van der Waals surface area contributed by atoms with Crippen LogP contribution in [0.5, 0.6) is 11.5 Å². The largest absolute Gasteiger partial charge is 0.490 e. The van der Waals surface area contributed by atoms with Crippen LogP contribution in [-0.2, 0) is 11.3 Å². The molecule has 1 saturated heterocycles. The third-order valence-electron chi connectivity index (χ3n) is 8.05. The summed E-state index contributed by atoms with van der Waals surface area (Å²) in [4.78, 5) is 46.6. The van der Waals surface area contributed by atoms with Crippen molar-refractivity contribution in [3.63, 3.8) is 0 Å². The Balaban J connectivity index is 1.20. The molecule has 2 fully saturated rings. The number of anilines is 1. The predicted octanol–water partition coefficient (Wildman–Crippen LogP) is 4.30. The van der Waals surface area contributed by atoms with E-state index in [1.807, 2.05) is 43.0 Å². The van der Waals surface area contributed by atoms with Crippen LogP contribution in [0, 0.1) is 11.8 Å². The van der Waals surface area contributed by atoms with E-state index in [-0.39, 0.29) is 23.3 Å². The Morgan fingerprint density at radius 2 is 1.62 bits per heavy atom. The van der Waals surface area contributed by atoms with E-state index in [0.29, 0.717) is 60.3 Å². The number of fused-ring (bicyclic) bond motifs is 1. The molecule has 1 N–H and O–H groups in total. The molecule has 2 aromatic carbocycles. The van der Waals surface area contributed by atoms with E-state index in [0.717, 1.165) is 44.5 Å². The van der Waals surface area contributed by atoms with E-state index in [1.54, 1.807) is 12.1 Å². The van der Waals surface area contributed by atoms with E-state index in [1.165, 1.54) is 4.57 Å². The van der Waals surface area contributed by atoms with Gasteiger partial charge in [0.2, 0.25) is 5.91 Å². The molecule has 1 amide bonds. The molecule has 2 heterocycles. The number of hydrogen-bond acceptors (Lipinski definition) is 6. The number of nitrogens with zero attached hydrogens (tertiary/aromatic N) is 3. The van der Waals surface area contributed by atoms with Gasteiger partial charge in [-0.25, -0.2) is 4.79 Å². The Hall–Kier alpha value is -3.46. The molecule has 2 aliphatic rings. The Morgan fingerprint density at radius 1 is 0.950 bits per heavy atom. The van der Waals surface area contributed by atoms with Crippen molar-refractivity contribution in [2.75, 3.05) is 44.3 Å². The van der Waals surface area contributed by atoms with Crippen LogP contribution in [0.15, 0.2) is 46.0 Å². The molecule has 0 bridgehead atoms. The summed E-state index contributed by atoms with van der Waals surface area (Å²) in [6.45, 7) is 7.90. The van der Waals surface area contributed by atoms with E-state index < -0.39 is 5.69 Å². The lowest BCUT2D eigenvalue weighted by atomic mass is 9.81. The van der Waals surface area contributed by atoms with Crippen molar-refractivity contribution in [2.24, 2.45) is 11.8 Å². The van der Waals surface area contributed by atoms with Gasteiger partial charge in [0.15, 0.2) is 11.5 Å². The Morgan fingerprint density at radius 3 is 2.27 bits per heavy atom. The van der Waals surface area contributed by atoms with Crippen molar-refractivity contribution in [1.82, 2.24) is 14.5 Å². The summed E-state index contributed by atoms with van der Waals surface area (Å²) in [5.74, 6) is 1.36. The third-order valence-corrected chi connectivity index (χ3v) is 8.28. The number of amides is 1. The predicted molar refractivity (Wildman–Crippen MR) is 157 cm³/mol. The van der Waals surface area contributed by atoms with Crippen molar-refractivity contribution in [2.45, 2.75) is 46.1 Å². The van der Waals surface area contributed by atoms with Gasteiger partial charge in [0, 0.05) is 55.4 Å². The molecule has 214 valence electrons. The molecule has 0 unspecified atom stereocenters. The topological polar surface area (TPSA) is 96.9 Å². The average molecular weight is 569 g/mol. The number of aromatic nitrogens is 2. The van der Waals surface area contributed by atoms with E-state index in [9.17, 15) is 14.4 Å². The number of benzene rings is 2. The quantitative estimate of drug-likeness (QED) is 0.435. The number of ether oxygens (including phenoxy) is 2. The van der Waals surface area contributed by atoms with Gasteiger partial charge in [-0.1, -0.05) is 17.7 Å². The number of H-pyrrole nitrogens is 1. The molecule has 1 saturated carbocycles. The average Bonchev–Trinajstić information content (AvgIpc) is 2.96. The summed E-state index contributed by atoms with van der Waals surface area (Å²) < 4.78 is 12.6. The van der Waals surface area contributed by atoms with Crippen LogP contribution in [0.3, 0.4) is 0 Å². The standard InChI is InChI=1S/C30H37ClN4O5/c1-3-39-26-17-24-25(18-27(26)40-4-2)32-30(38)35(29(24)37)19-20-8-10-21(11-9-20)28(36)34-14-12-33(13-15-34)23-7-5-6-22(31)16-23/h5-7,16-18,20-21H,3-4,8-15,19H2,1-2H3,(H,32,38). The fourth-order valence-corrected chi connectivity index (χ4v) is 6.11. The molecule has 0 spiro atoms. The van der Waals surface area contributed by atoms with Gasteiger partial charge < -0.3 is 24.3 Å². The van der Waals surface area contributed by atoms with Crippen molar-refractivity contribution in [1.29, 1.82) is 0 Å². The number of halogens is 1. The normalized spacial score (nSPS) is 19.6. The first-order valence-electron chi connectivity index (χ1n) is 14.2. The molecule has 10 heteroatoms. The number of carbonyl (C=O) groups excluding carboxylic acids is 1. The Kier molecular flexibility index (Phi) is 8.69. The molecule has 0 radical (unpaired) electrons. The summed E-state index contributed by atoms with van der Waals surface area (Å²) in [5, 5.41) is 1.11. The molecule has 5 rings (SSSR count). The van der Waals surface area contributed by atoms with Crippen LogP contribution >= 0.6 is 11.6 Å². The SMILES string of the molecule is CCOc1cc2[nH]c(=O)n(CC3CCC(C(=O)N4CCN(c5cccc(Cl)c5)CC4)CC3)c(=O)c2cc1OCC. The first kappa shape index (κ1) is 28.1. The van der Waals surface area contributed by atoms with Gasteiger partial charge in [-0.15, -0.1) is 0 Å². The monoisotopic (exact) mass is 568 g/mol. The van der Waals surface area contributed by atoms with Gasteiger partial charge in [0.1, 0.15) is 0 Å². The number of nitrogens with one attached hydrogen (secondary N) is 1. The maximum absolute atomic E-state index is 13.3. The number of carbonyl (C=O) groups is 1. The maximum Gasteiger partial charge on any atom is 0.328 e. The molecule has 9 nitrogen and oxygen atoms in total. The summed E-state index contributed by atoms with van der Waals surface area (Å²) in [7, 11) is 0. The molecule has 0 atom stereocenters. The lowest BCUT2D eigenvalue weighted by Gasteiger charge is -2.39. The minimum absolute atomic E-state index is 0.00804. The van der Waals surface area contributed by atoms with Gasteiger partial charge in [-0.3, -0.25) is 14.2 Å². The first-order valence-corrected chi connectivity index (χ1v) is 14.6. The third kappa shape index (κ3) is 5.99. The van der Waals surface area contributed by atoms with Crippen molar-refractivity contribution in [3.8, 4) is 11.5 Å². The van der Waals surface area contributed by atoms with E-state index in [4.69, 9.17) is 21.1 Å². The van der Waals surface area contributed by atoms with Gasteiger partial charge in [-0.05, 0) is 69.7 Å². The molecule has 3 aromatic rings. The first-order chi connectivity index (χ1) is 19.4. The minimum Gasteiger partial charge on any atom is -0.490 e. The second kappa shape index (κ2) is 12.4. The van der Waals surface area contributed by atoms with Gasteiger partial charge >= 0.3 is 5.69 Å². The van der Waals surface area contributed by atoms with Crippen molar-refractivity contribution in [3.05, 3.63) is 62.3 Å². The molecule has 1 aromatic heterocycles. The van der Waals surface area contributed by atoms with Crippen LogP contribution in [-0.4, -0.2) is 59.8 Å². The zero-order chi connectivity index (χ0) is 28.2. The summed E-state index contributed by atoms with van der Waals surface area (Å²) in [6, 6.07) is 11.1. The second-order valence-corrected chi connectivity index (χ2v) is 11.0. The summed E-state index contributed by atoms with van der Waals surface area (Å²) >= 11 is 6.15. The smallest absolute Gasteiger partial charge is 0.328 e. The van der Waals surface area contributed by atoms with E-state index >= 15 is 0 Å². The Labute approximate surface area is 238 Å². The van der Waals surface area contributed by atoms with Crippen LogP contribution in [0.1, 0.15) is 39.5 Å². The lowest BCUT2D eigenvalue weighted by molar-refractivity contribution is -0.137. The summed E-state index contributed by atoms with van der Waals surface area (Å²) in [6.07, 6.45) is 3.14. The fourth-order valence-electron chi connectivity index (χ4n) is 5.93. The van der Waals surface area contributed by atoms with Gasteiger partial charge in [0.25, 0.3) is 5.56 Å². The maximum atomic E-state index is 13.3. The second-order valence-electron chi connectivity index (χ2n) is 10.6. The van der Waals surface area contributed by atoms with Crippen LogP contribution < -0.4 is 25.6 Å². The number of aromatic amines is 1. The highest BCUT2D eigenvalue weighted by Gasteiger charge is 2.31. The van der Waals surface area contributed by atoms with Crippen LogP contribution in [0.4, 0.5) is 5.69 Å². The zero-order valence-corrected chi connectivity index (χ0v) is 23.9. The molecule has 1 aliphatic carbocycles. The lowest BCUT2D eigenvalue weighted by Crippen LogP contribution is -2.50. The highest BCUT2D eigenvalue weighted by Crippen LogP contribution is 2.33. The highest BCUT2D eigenvalue weighted by molar-refractivity contribution is 6.30. The fraction of sp³-hybridized carbons (Fsp3) is 0.500. The van der Waals surface area contributed by atoms with Gasteiger partial charge in [0.05, 0.1) is 24.1 Å². The van der Waals surface area contributed by atoms with Crippen LogP contribution in [0.25, 0.3) is 10.9 Å². The van der Waals surface area contributed by atoms with Crippen molar-refractivity contribution < 1.29 is 14.3 Å². The summed E-state index contributed by atoms with van der Waals surface area (Å²) in [5.41, 5.74) is 0.754. The van der Waals surface area contributed by atoms with Crippen molar-refractivity contribution >= 4 is 34.1 Å². The van der Waals surface area contributed by atoms with Crippen LogP contribution in [0.2, 0.25) is 5.02 Å².